The van der Waals surface area contributed by atoms with Gasteiger partial charge in [0.25, 0.3) is 0 Å². The van der Waals surface area contributed by atoms with Crippen LogP contribution in [0.5, 0.6) is 0 Å². The molecule has 0 saturated heterocycles. The van der Waals surface area contributed by atoms with Crippen molar-refractivity contribution in [3.05, 3.63) is 0 Å². The number of amides is 1. The molecule has 0 heterocycles. The Bertz CT molecular complexity index is 134. The Labute approximate surface area is 74.7 Å². The molecule has 0 radical (unpaired) electrons. The van der Waals surface area contributed by atoms with E-state index in [0.717, 1.165) is 6.42 Å². The lowest BCUT2D eigenvalue weighted by Crippen LogP contribution is -2.35. The van der Waals surface area contributed by atoms with E-state index in [1.807, 2.05) is 6.92 Å². The largest absolute Gasteiger partial charge is 0.355 e. The van der Waals surface area contributed by atoms with Crippen molar-refractivity contribution in [2.45, 2.75) is 39.7 Å². The van der Waals surface area contributed by atoms with Crippen LogP contribution in [0.2, 0.25) is 0 Å². The molecule has 0 aliphatic rings. The van der Waals surface area contributed by atoms with Crippen LogP contribution in [0.25, 0.3) is 0 Å². The fourth-order valence-corrected chi connectivity index (χ4v) is 0.808. The minimum Gasteiger partial charge on any atom is -0.355 e. The zero-order chi connectivity index (χ0) is 9.56. The van der Waals surface area contributed by atoms with Crippen molar-refractivity contribution in [3.63, 3.8) is 0 Å². The molecule has 0 spiro atoms. The number of carbonyl (C=O) groups excluding carboxylic acids is 1. The SMILES string of the molecule is CCC(C)CC(=O)NCC(C)N. The van der Waals surface area contributed by atoms with Gasteiger partial charge in [-0.25, -0.2) is 0 Å². The summed E-state index contributed by atoms with van der Waals surface area (Å²) >= 11 is 0. The molecule has 1 amide bonds. The summed E-state index contributed by atoms with van der Waals surface area (Å²) in [7, 11) is 0. The first-order chi connectivity index (χ1) is 5.56. The molecule has 3 heteroatoms. The maximum Gasteiger partial charge on any atom is 0.220 e. The normalized spacial score (nSPS) is 15.3. The first-order valence-electron chi connectivity index (χ1n) is 4.58. The molecule has 72 valence electrons. The van der Waals surface area contributed by atoms with Gasteiger partial charge in [-0.2, -0.15) is 0 Å². The molecule has 3 nitrogen and oxygen atoms in total. The lowest BCUT2D eigenvalue weighted by Gasteiger charge is -2.10. The number of nitrogens with one attached hydrogen (secondary N) is 1. The summed E-state index contributed by atoms with van der Waals surface area (Å²) in [6, 6.07) is 0.0471. The zero-order valence-electron chi connectivity index (χ0n) is 8.26. The van der Waals surface area contributed by atoms with E-state index in [-0.39, 0.29) is 11.9 Å². The molecular formula is C9H20N2O. The van der Waals surface area contributed by atoms with E-state index in [2.05, 4.69) is 19.2 Å². The molecule has 0 aromatic rings. The summed E-state index contributed by atoms with van der Waals surface area (Å²) in [6.07, 6.45) is 1.66. The van der Waals surface area contributed by atoms with Crippen LogP contribution in [0.1, 0.15) is 33.6 Å². The first kappa shape index (κ1) is 11.4. The molecule has 12 heavy (non-hydrogen) atoms. The van der Waals surface area contributed by atoms with Crippen LogP contribution in [0.3, 0.4) is 0 Å². The van der Waals surface area contributed by atoms with Gasteiger partial charge in [0.1, 0.15) is 0 Å². The average molecular weight is 172 g/mol. The van der Waals surface area contributed by atoms with Gasteiger partial charge < -0.3 is 11.1 Å². The Balaban J connectivity index is 3.46. The number of carbonyl (C=O) groups is 1. The highest BCUT2D eigenvalue weighted by Crippen LogP contribution is 2.05. The lowest BCUT2D eigenvalue weighted by atomic mass is 10.1. The molecular weight excluding hydrogens is 152 g/mol. The van der Waals surface area contributed by atoms with E-state index >= 15 is 0 Å². The second-order valence-electron chi connectivity index (χ2n) is 3.50. The van der Waals surface area contributed by atoms with Crippen LogP contribution in [-0.2, 0) is 4.79 Å². The molecule has 0 fully saturated rings. The fourth-order valence-electron chi connectivity index (χ4n) is 0.808. The molecule has 0 aliphatic carbocycles. The number of hydrogen-bond donors (Lipinski definition) is 2. The first-order valence-corrected chi connectivity index (χ1v) is 4.58. The third-order valence-electron chi connectivity index (χ3n) is 1.85. The molecule has 0 aromatic heterocycles. The molecule has 3 N–H and O–H groups in total. The van der Waals surface area contributed by atoms with Gasteiger partial charge in [0, 0.05) is 19.0 Å². The van der Waals surface area contributed by atoms with Crippen molar-refractivity contribution < 1.29 is 4.79 Å². The Morgan fingerprint density at radius 1 is 1.50 bits per heavy atom. The Kier molecular flexibility index (Phi) is 5.72. The van der Waals surface area contributed by atoms with Crippen LogP contribution < -0.4 is 11.1 Å². The van der Waals surface area contributed by atoms with Gasteiger partial charge in [-0.05, 0) is 12.8 Å². The second-order valence-corrected chi connectivity index (χ2v) is 3.50. The fraction of sp³-hybridized carbons (Fsp3) is 0.889. The monoisotopic (exact) mass is 172 g/mol. The van der Waals surface area contributed by atoms with Crippen molar-refractivity contribution in [2.75, 3.05) is 6.54 Å². The van der Waals surface area contributed by atoms with Crippen molar-refractivity contribution >= 4 is 5.91 Å². The van der Waals surface area contributed by atoms with E-state index in [4.69, 9.17) is 5.73 Å². The summed E-state index contributed by atoms with van der Waals surface area (Å²) in [5.41, 5.74) is 5.49. The molecule has 0 saturated carbocycles. The average Bonchev–Trinajstić information content (AvgIpc) is 2.00. The van der Waals surface area contributed by atoms with E-state index in [9.17, 15) is 4.79 Å². The molecule has 0 aliphatic heterocycles. The topological polar surface area (TPSA) is 55.1 Å². The molecule has 0 aromatic carbocycles. The summed E-state index contributed by atoms with van der Waals surface area (Å²) in [5, 5.41) is 2.78. The van der Waals surface area contributed by atoms with Crippen LogP contribution in [-0.4, -0.2) is 18.5 Å². The minimum atomic E-state index is 0.0471. The Morgan fingerprint density at radius 2 is 2.08 bits per heavy atom. The number of nitrogens with two attached hydrogens (primary N) is 1. The summed E-state index contributed by atoms with van der Waals surface area (Å²) < 4.78 is 0. The van der Waals surface area contributed by atoms with Crippen LogP contribution in [0.4, 0.5) is 0 Å². The van der Waals surface area contributed by atoms with Gasteiger partial charge in [-0.1, -0.05) is 20.3 Å². The highest BCUT2D eigenvalue weighted by atomic mass is 16.1. The van der Waals surface area contributed by atoms with Crippen LogP contribution in [0, 0.1) is 5.92 Å². The Morgan fingerprint density at radius 3 is 2.50 bits per heavy atom. The van der Waals surface area contributed by atoms with Crippen molar-refractivity contribution in [1.29, 1.82) is 0 Å². The third kappa shape index (κ3) is 6.16. The van der Waals surface area contributed by atoms with Crippen molar-refractivity contribution in [1.82, 2.24) is 5.32 Å². The van der Waals surface area contributed by atoms with Gasteiger partial charge >= 0.3 is 0 Å². The number of rotatable bonds is 5. The predicted molar refractivity (Wildman–Crippen MR) is 50.7 cm³/mol. The summed E-state index contributed by atoms with van der Waals surface area (Å²) in [4.78, 5) is 11.2. The second kappa shape index (κ2) is 6.00. The van der Waals surface area contributed by atoms with Crippen LogP contribution >= 0.6 is 0 Å². The zero-order valence-corrected chi connectivity index (χ0v) is 8.26. The Hall–Kier alpha value is -0.570. The lowest BCUT2D eigenvalue weighted by molar-refractivity contribution is -0.121. The quantitative estimate of drug-likeness (QED) is 0.647. The van der Waals surface area contributed by atoms with Gasteiger partial charge in [-0.15, -0.1) is 0 Å². The number of hydrogen-bond acceptors (Lipinski definition) is 2. The van der Waals surface area contributed by atoms with Gasteiger partial charge in [-0.3, -0.25) is 4.79 Å². The summed E-state index contributed by atoms with van der Waals surface area (Å²) in [6.45, 7) is 6.62. The van der Waals surface area contributed by atoms with Crippen molar-refractivity contribution in [3.8, 4) is 0 Å². The molecule has 2 atom stereocenters. The maximum absolute atomic E-state index is 11.2. The summed E-state index contributed by atoms with van der Waals surface area (Å²) in [5.74, 6) is 0.583. The standard InChI is InChI=1S/C9H20N2O/c1-4-7(2)5-9(12)11-6-8(3)10/h7-8H,4-6,10H2,1-3H3,(H,11,12). The van der Waals surface area contributed by atoms with E-state index < -0.39 is 0 Å². The van der Waals surface area contributed by atoms with Gasteiger partial charge in [0.05, 0.1) is 0 Å². The molecule has 2 unspecified atom stereocenters. The van der Waals surface area contributed by atoms with E-state index in [1.54, 1.807) is 0 Å². The third-order valence-corrected chi connectivity index (χ3v) is 1.85. The highest BCUT2D eigenvalue weighted by Gasteiger charge is 2.06. The van der Waals surface area contributed by atoms with Crippen molar-refractivity contribution in [2.24, 2.45) is 11.7 Å². The van der Waals surface area contributed by atoms with Gasteiger partial charge in [0.2, 0.25) is 5.91 Å². The maximum atomic E-state index is 11.2. The van der Waals surface area contributed by atoms with Crippen LogP contribution in [0.15, 0.2) is 0 Å². The van der Waals surface area contributed by atoms with Gasteiger partial charge in [0.15, 0.2) is 0 Å². The smallest absolute Gasteiger partial charge is 0.220 e. The van der Waals surface area contributed by atoms with E-state index in [1.165, 1.54) is 0 Å². The minimum absolute atomic E-state index is 0.0471. The predicted octanol–water partition coefficient (Wildman–Crippen LogP) is 0.886. The van der Waals surface area contributed by atoms with E-state index in [0.29, 0.717) is 18.9 Å². The molecule has 0 bridgehead atoms. The molecule has 0 rings (SSSR count). The highest BCUT2D eigenvalue weighted by molar-refractivity contribution is 5.76.